The lowest BCUT2D eigenvalue weighted by Gasteiger charge is -2.10. The Kier molecular flexibility index (Phi) is 3.57. The van der Waals surface area contributed by atoms with Gasteiger partial charge in [0.1, 0.15) is 5.92 Å². The molecule has 0 heterocycles. The van der Waals surface area contributed by atoms with Crippen LogP contribution in [0.25, 0.3) is 0 Å². The van der Waals surface area contributed by atoms with Gasteiger partial charge < -0.3 is 4.74 Å². The molecule has 3 nitrogen and oxygen atoms in total. The normalized spacial score (nSPS) is 23.7. The lowest BCUT2D eigenvalue weighted by molar-refractivity contribution is -0.150. The van der Waals surface area contributed by atoms with Crippen LogP contribution >= 0.6 is 0 Å². The number of carbonyl (C=O) groups excluding carboxylic acids is 2. The second-order valence-corrected chi connectivity index (χ2v) is 4.25. The van der Waals surface area contributed by atoms with Gasteiger partial charge in [-0.15, -0.1) is 0 Å². The van der Waals surface area contributed by atoms with E-state index in [4.69, 9.17) is 4.74 Å². The Labute approximate surface area is 101 Å². The second-order valence-electron chi connectivity index (χ2n) is 4.25. The van der Waals surface area contributed by atoms with Crippen molar-refractivity contribution in [2.75, 3.05) is 6.61 Å². The maximum absolute atomic E-state index is 12.1. The molecule has 0 bridgehead atoms. The summed E-state index contributed by atoms with van der Waals surface area (Å²) in [4.78, 5) is 23.7. The molecule has 0 spiro atoms. The highest BCUT2D eigenvalue weighted by Crippen LogP contribution is 2.35. The van der Waals surface area contributed by atoms with Crippen molar-refractivity contribution in [2.45, 2.75) is 25.7 Å². The molecule has 0 saturated heterocycles. The zero-order valence-electron chi connectivity index (χ0n) is 9.89. The summed E-state index contributed by atoms with van der Waals surface area (Å²) in [5.74, 6) is -1.05. The van der Waals surface area contributed by atoms with Gasteiger partial charge in [-0.05, 0) is 25.3 Å². The molecule has 0 N–H and O–H groups in total. The molecule has 1 aromatic carbocycles. The molecule has 1 aliphatic carbocycles. The van der Waals surface area contributed by atoms with Crippen LogP contribution in [0.5, 0.6) is 0 Å². The first kappa shape index (κ1) is 11.8. The van der Waals surface area contributed by atoms with Gasteiger partial charge in [0.2, 0.25) is 0 Å². The molecule has 2 atom stereocenters. The third kappa shape index (κ3) is 2.38. The van der Waals surface area contributed by atoms with E-state index < -0.39 is 5.92 Å². The predicted octanol–water partition coefficient (Wildman–Crippen LogP) is 2.31. The summed E-state index contributed by atoms with van der Waals surface area (Å²) in [6.07, 6.45) is 1.35. The average Bonchev–Trinajstić information content (AvgIpc) is 2.72. The molecule has 1 aliphatic rings. The molecule has 0 aromatic heterocycles. The summed E-state index contributed by atoms with van der Waals surface area (Å²) in [5, 5.41) is 0. The van der Waals surface area contributed by atoms with Crippen molar-refractivity contribution in [3.63, 3.8) is 0 Å². The first-order chi connectivity index (χ1) is 8.24. The Hall–Kier alpha value is -1.64. The Balaban J connectivity index is 2.10. The van der Waals surface area contributed by atoms with Crippen LogP contribution in [0.1, 0.15) is 31.2 Å². The van der Waals surface area contributed by atoms with Crippen LogP contribution in [0.4, 0.5) is 0 Å². The van der Waals surface area contributed by atoms with Crippen molar-refractivity contribution in [3.8, 4) is 0 Å². The van der Waals surface area contributed by atoms with E-state index in [1.54, 1.807) is 6.92 Å². The maximum Gasteiger partial charge on any atom is 0.316 e. The highest BCUT2D eigenvalue weighted by Gasteiger charge is 2.40. The number of esters is 1. The molecule has 1 saturated carbocycles. The number of hydrogen-bond donors (Lipinski definition) is 0. The molecule has 90 valence electrons. The fraction of sp³-hybridized carbons (Fsp3) is 0.429. The zero-order valence-corrected chi connectivity index (χ0v) is 9.89. The topological polar surface area (TPSA) is 43.4 Å². The van der Waals surface area contributed by atoms with Crippen molar-refractivity contribution < 1.29 is 14.3 Å². The summed E-state index contributed by atoms with van der Waals surface area (Å²) < 4.78 is 4.92. The SMILES string of the molecule is CCOC(=O)[C@@H]1CC[C@H](c2ccccc2)C1=O. The zero-order chi connectivity index (χ0) is 12.3. The Morgan fingerprint density at radius 1 is 1.29 bits per heavy atom. The molecule has 0 amide bonds. The molecule has 3 heteroatoms. The van der Waals surface area contributed by atoms with Gasteiger partial charge in [-0.2, -0.15) is 0 Å². The van der Waals surface area contributed by atoms with E-state index >= 15 is 0 Å². The minimum absolute atomic E-state index is 0.00894. The molecule has 0 unspecified atom stereocenters. The number of hydrogen-bond acceptors (Lipinski definition) is 3. The van der Waals surface area contributed by atoms with Gasteiger partial charge in [-0.3, -0.25) is 9.59 Å². The predicted molar refractivity (Wildman–Crippen MR) is 63.5 cm³/mol. The summed E-state index contributed by atoms with van der Waals surface area (Å²) >= 11 is 0. The largest absolute Gasteiger partial charge is 0.465 e. The van der Waals surface area contributed by atoms with Crippen molar-refractivity contribution in [2.24, 2.45) is 5.92 Å². The summed E-state index contributed by atoms with van der Waals surface area (Å²) in [7, 11) is 0. The Morgan fingerprint density at radius 2 is 2.00 bits per heavy atom. The van der Waals surface area contributed by atoms with Crippen LogP contribution in [0.15, 0.2) is 30.3 Å². The molecular weight excluding hydrogens is 216 g/mol. The van der Waals surface area contributed by atoms with Crippen LogP contribution < -0.4 is 0 Å². The van der Waals surface area contributed by atoms with Gasteiger partial charge in [0, 0.05) is 5.92 Å². The quantitative estimate of drug-likeness (QED) is 0.593. The number of benzene rings is 1. The van der Waals surface area contributed by atoms with E-state index in [2.05, 4.69) is 0 Å². The monoisotopic (exact) mass is 232 g/mol. The van der Waals surface area contributed by atoms with E-state index in [-0.39, 0.29) is 17.7 Å². The molecule has 1 fully saturated rings. The summed E-state index contributed by atoms with van der Waals surface area (Å²) in [6, 6.07) is 9.64. The molecule has 0 radical (unpaired) electrons. The molecule has 2 rings (SSSR count). The fourth-order valence-electron chi connectivity index (χ4n) is 2.35. The third-order valence-corrected chi connectivity index (χ3v) is 3.20. The van der Waals surface area contributed by atoms with E-state index in [1.807, 2.05) is 30.3 Å². The van der Waals surface area contributed by atoms with Crippen LogP contribution in [0.3, 0.4) is 0 Å². The summed E-state index contributed by atoms with van der Waals surface area (Å²) in [5.41, 5.74) is 1.00. The smallest absolute Gasteiger partial charge is 0.316 e. The first-order valence-corrected chi connectivity index (χ1v) is 5.99. The second kappa shape index (κ2) is 5.13. The standard InChI is InChI=1S/C14H16O3/c1-2-17-14(16)12-9-8-11(13(12)15)10-6-4-3-5-7-10/h3-7,11-12H,2,8-9H2,1H3/t11-,12-/m1/s1. The molecular formula is C14H16O3. The Morgan fingerprint density at radius 3 is 2.65 bits per heavy atom. The maximum atomic E-state index is 12.1. The molecule has 0 aliphatic heterocycles. The van der Waals surface area contributed by atoms with Crippen molar-refractivity contribution >= 4 is 11.8 Å². The highest BCUT2D eigenvalue weighted by atomic mass is 16.5. The van der Waals surface area contributed by atoms with Gasteiger partial charge in [-0.25, -0.2) is 0 Å². The van der Waals surface area contributed by atoms with Gasteiger partial charge >= 0.3 is 5.97 Å². The van der Waals surface area contributed by atoms with Crippen LogP contribution in [-0.4, -0.2) is 18.4 Å². The van der Waals surface area contributed by atoms with E-state index in [9.17, 15) is 9.59 Å². The summed E-state index contributed by atoms with van der Waals surface area (Å²) in [6.45, 7) is 2.09. The number of Topliss-reactive ketones (excluding diaryl/α,β-unsaturated/α-hetero) is 1. The van der Waals surface area contributed by atoms with E-state index in [0.29, 0.717) is 13.0 Å². The van der Waals surface area contributed by atoms with Crippen molar-refractivity contribution in [1.82, 2.24) is 0 Å². The Bertz CT molecular complexity index is 411. The highest BCUT2D eigenvalue weighted by molar-refractivity contribution is 6.03. The number of ether oxygens (including phenoxy) is 1. The molecule has 17 heavy (non-hydrogen) atoms. The minimum atomic E-state index is -0.555. The van der Waals surface area contributed by atoms with Gasteiger partial charge in [-0.1, -0.05) is 30.3 Å². The first-order valence-electron chi connectivity index (χ1n) is 5.99. The van der Waals surface area contributed by atoms with Crippen LogP contribution in [0, 0.1) is 5.92 Å². The van der Waals surface area contributed by atoms with Gasteiger partial charge in [0.15, 0.2) is 5.78 Å². The lowest BCUT2D eigenvalue weighted by Crippen LogP contribution is -2.23. The number of rotatable bonds is 3. The number of carbonyl (C=O) groups is 2. The molecule has 1 aromatic rings. The lowest BCUT2D eigenvalue weighted by atomic mass is 9.95. The van der Waals surface area contributed by atoms with Gasteiger partial charge in [0.05, 0.1) is 6.61 Å². The van der Waals surface area contributed by atoms with Crippen LogP contribution in [0.2, 0.25) is 0 Å². The number of ketones is 1. The van der Waals surface area contributed by atoms with Crippen LogP contribution in [-0.2, 0) is 14.3 Å². The average molecular weight is 232 g/mol. The minimum Gasteiger partial charge on any atom is -0.465 e. The van der Waals surface area contributed by atoms with Crippen molar-refractivity contribution in [1.29, 1.82) is 0 Å². The van der Waals surface area contributed by atoms with Crippen molar-refractivity contribution in [3.05, 3.63) is 35.9 Å². The third-order valence-electron chi connectivity index (χ3n) is 3.20. The fourth-order valence-corrected chi connectivity index (χ4v) is 2.35. The van der Waals surface area contributed by atoms with E-state index in [0.717, 1.165) is 12.0 Å². The van der Waals surface area contributed by atoms with E-state index in [1.165, 1.54) is 0 Å². The van der Waals surface area contributed by atoms with Gasteiger partial charge in [0.25, 0.3) is 0 Å².